The maximum absolute atomic E-state index is 5.88. The Bertz CT molecular complexity index is 466. The van der Waals surface area contributed by atoms with Crippen molar-refractivity contribution in [2.45, 2.75) is 33.1 Å². The molecular formula is C13H19N3S. The van der Waals surface area contributed by atoms with Crippen molar-refractivity contribution in [3.8, 4) is 0 Å². The number of hydrogen-bond acceptors (Lipinski definition) is 4. The highest BCUT2D eigenvalue weighted by Gasteiger charge is 2.21. The monoisotopic (exact) mass is 249 g/mol. The Kier molecular flexibility index (Phi) is 3.45. The van der Waals surface area contributed by atoms with Gasteiger partial charge in [-0.3, -0.25) is 4.98 Å². The van der Waals surface area contributed by atoms with Gasteiger partial charge in [-0.25, -0.2) is 4.98 Å². The van der Waals surface area contributed by atoms with E-state index >= 15 is 0 Å². The molecule has 17 heavy (non-hydrogen) atoms. The maximum Gasteiger partial charge on any atom is 0.0998 e. The zero-order valence-corrected chi connectivity index (χ0v) is 11.4. The van der Waals surface area contributed by atoms with E-state index < -0.39 is 0 Å². The summed E-state index contributed by atoms with van der Waals surface area (Å²) in [5.41, 5.74) is 7.15. The highest BCUT2D eigenvalue weighted by atomic mass is 32.1. The van der Waals surface area contributed by atoms with E-state index in [4.69, 9.17) is 5.73 Å². The van der Waals surface area contributed by atoms with Gasteiger partial charge in [-0.1, -0.05) is 20.8 Å². The maximum atomic E-state index is 5.88. The van der Waals surface area contributed by atoms with Gasteiger partial charge in [0.2, 0.25) is 0 Å². The first-order valence-corrected chi connectivity index (χ1v) is 6.72. The van der Waals surface area contributed by atoms with Crippen molar-refractivity contribution in [1.82, 2.24) is 9.97 Å². The number of hydrogen-bond donors (Lipinski definition) is 1. The fourth-order valence-electron chi connectivity index (χ4n) is 1.98. The Hall–Kier alpha value is -1.00. The minimum atomic E-state index is 0.278. The lowest BCUT2D eigenvalue weighted by Gasteiger charge is -2.23. The summed E-state index contributed by atoms with van der Waals surface area (Å²) in [5, 5.41) is 1.14. The molecule has 0 radical (unpaired) electrons. The van der Waals surface area contributed by atoms with Gasteiger partial charge in [0.25, 0.3) is 0 Å². The highest BCUT2D eigenvalue weighted by molar-refractivity contribution is 7.18. The van der Waals surface area contributed by atoms with E-state index in [1.54, 1.807) is 11.3 Å². The van der Waals surface area contributed by atoms with Crippen LogP contribution >= 0.6 is 11.3 Å². The molecule has 2 aromatic heterocycles. The lowest BCUT2D eigenvalue weighted by molar-refractivity contribution is 0.341. The third-order valence-corrected chi connectivity index (χ3v) is 3.90. The summed E-state index contributed by atoms with van der Waals surface area (Å²) in [7, 11) is 0. The van der Waals surface area contributed by atoms with Gasteiger partial charge in [0.05, 0.1) is 21.4 Å². The summed E-state index contributed by atoms with van der Waals surface area (Å²) in [6, 6.07) is 2.02. The number of fused-ring (bicyclic) bond motifs is 1. The van der Waals surface area contributed by atoms with Gasteiger partial charge in [0.15, 0.2) is 0 Å². The second-order valence-corrected chi connectivity index (χ2v) is 6.66. The van der Waals surface area contributed by atoms with Crippen LogP contribution < -0.4 is 5.73 Å². The molecule has 0 aliphatic rings. The molecule has 3 nitrogen and oxygen atoms in total. The predicted octanol–water partition coefficient (Wildman–Crippen LogP) is 3.17. The molecule has 2 aromatic rings. The van der Waals surface area contributed by atoms with Gasteiger partial charge in [-0.2, -0.15) is 0 Å². The van der Waals surface area contributed by atoms with Crippen LogP contribution in [0.5, 0.6) is 0 Å². The van der Waals surface area contributed by atoms with Crippen LogP contribution in [0.15, 0.2) is 18.5 Å². The molecule has 0 saturated heterocycles. The van der Waals surface area contributed by atoms with Crippen molar-refractivity contribution < 1.29 is 0 Å². The van der Waals surface area contributed by atoms with Crippen molar-refractivity contribution in [2.75, 3.05) is 6.54 Å². The Morgan fingerprint density at radius 2 is 2.18 bits per heavy atom. The first-order valence-electron chi connectivity index (χ1n) is 5.90. The van der Waals surface area contributed by atoms with Gasteiger partial charge in [-0.15, -0.1) is 11.3 Å². The number of nitrogens with two attached hydrogens (primary N) is 1. The van der Waals surface area contributed by atoms with Crippen molar-refractivity contribution in [3.05, 3.63) is 23.5 Å². The minimum Gasteiger partial charge on any atom is -0.330 e. The molecule has 92 valence electrons. The number of aromatic nitrogens is 2. The molecule has 2 N–H and O–H groups in total. The van der Waals surface area contributed by atoms with E-state index in [2.05, 4.69) is 30.7 Å². The molecule has 1 atom stereocenters. The zero-order chi connectivity index (χ0) is 12.5. The van der Waals surface area contributed by atoms with Crippen LogP contribution in [0.25, 0.3) is 10.2 Å². The lowest BCUT2D eigenvalue weighted by atomic mass is 9.85. The first kappa shape index (κ1) is 12.5. The zero-order valence-electron chi connectivity index (χ0n) is 10.6. The van der Waals surface area contributed by atoms with Crippen molar-refractivity contribution >= 4 is 21.6 Å². The van der Waals surface area contributed by atoms with E-state index in [0.29, 0.717) is 12.5 Å². The van der Waals surface area contributed by atoms with Crippen molar-refractivity contribution in [2.24, 2.45) is 11.1 Å². The Morgan fingerprint density at radius 3 is 2.76 bits per heavy atom. The molecule has 0 aliphatic heterocycles. The van der Waals surface area contributed by atoms with Crippen LogP contribution in [0.1, 0.15) is 38.1 Å². The molecule has 0 amide bonds. The molecule has 0 aromatic carbocycles. The van der Waals surface area contributed by atoms with Crippen LogP contribution in [0.2, 0.25) is 0 Å². The third kappa shape index (κ3) is 3.01. The summed E-state index contributed by atoms with van der Waals surface area (Å²) < 4.78 is 1.20. The summed E-state index contributed by atoms with van der Waals surface area (Å²) in [5.74, 6) is 0.354. The lowest BCUT2D eigenvalue weighted by Crippen LogP contribution is -2.19. The first-order chi connectivity index (χ1) is 7.99. The van der Waals surface area contributed by atoms with Crippen molar-refractivity contribution in [3.63, 3.8) is 0 Å². The van der Waals surface area contributed by atoms with Crippen LogP contribution in [-0.4, -0.2) is 16.5 Å². The number of nitrogens with zero attached hydrogens (tertiary/aromatic N) is 2. The Labute approximate surface area is 106 Å². The molecule has 0 aliphatic carbocycles. The number of pyridine rings is 1. The normalized spacial score (nSPS) is 14.1. The number of thiazole rings is 1. The predicted molar refractivity (Wildman–Crippen MR) is 73.3 cm³/mol. The molecule has 0 fully saturated rings. The highest BCUT2D eigenvalue weighted by Crippen LogP contribution is 2.34. The fraction of sp³-hybridized carbons (Fsp3) is 0.538. The molecular weight excluding hydrogens is 230 g/mol. The van der Waals surface area contributed by atoms with Crippen LogP contribution in [0.3, 0.4) is 0 Å². The van der Waals surface area contributed by atoms with Crippen LogP contribution in [-0.2, 0) is 0 Å². The SMILES string of the molecule is CC(C)(C)CC(CN)c1nc2cnccc2s1. The molecule has 4 heteroatoms. The fourth-order valence-corrected chi connectivity index (χ4v) is 3.03. The number of rotatable bonds is 3. The summed E-state index contributed by atoms with van der Waals surface area (Å²) in [6.45, 7) is 7.38. The second kappa shape index (κ2) is 4.70. The molecule has 2 rings (SSSR count). The summed E-state index contributed by atoms with van der Waals surface area (Å²) >= 11 is 1.74. The standard InChI is InChI=1S/C13H19N3S/c1-13(2,3)6-9(7-14)12-16-10-8-15-5-4-11(10)17-12/h4-5,8-9H,6-7,14H2,1-3H3. The van der Waals surface area contributed by atoms with Crippen LogP contribution in [0, 0.1) is 5.41 Å². The van der Waals surface area contributed by atoms with Crippen LogP contribution in [0.4, 0.5) is 0 Å². The van der Waals surface area contributed by atoms with Gasteiger partial charge < -0.3 is 5.73 Å². The molecule has 0 saturated carbocycles. The largest absolute Gasteiger partial charge is 0.330 e. The third-order valence-electron chi connectivity index (χ3n) is 2.70. The van der Waals surface area contributed by atoms with Gasteiger partial charge in [0, 0.05) is 18.7 Å². The topological polar surface area (TPSA) is 51.8 Å². The average Bonchev–Trinajstić information content (AvgIpc) is 2.67. The van der Waals surface area contributed by atoms with Gasteiger partial charge in [-0.05, 0) is 17.9 Å². The van der Waals surface area contributed by atoms with E-state index in [-0.39, 0.29) is 5.41 Å². The van der Waals surface area contributed by atoms with E-state index in [9.17, 15) is 0 Å². The molecule has 0 spiro atoms. The molecule has 1 unspecified atom stereocenters. The average molecular weight is 249 g/mol. The Balaban J connectivity index is 2.30. The van der Waals surface area contributed by atoms with Gasteiger partial charge in [0.1, 0.15) is 0 Å². The van der Waals surface area contributed by atoms with Gasteiger partial charge >= 0.3 is 0 Å². The Morgan fingerprint density at radius 1 is 1.41 bits per heavy atom. The minimum absolute atomic E-state index is 0.278. The summed E-state index contributed by atoms with van der Waals surface area (Å²) in [4.78, 5) is 8.74. The molecule has 2 heterocycles. The summed E-state index contributed by atoms with van der Waals surface area (Å²) in [6.07, 6.45) is 4.70. The smallest absolute Gasteiger partial charge is 0.0998 e. The van der Waals surface area contributed by atoms with Crippen molar-refractivity contribution in [1.29, 1.82) is 0 Å². The van der Waals surface area contributed by atoms with E-state index in [1.165, 1.54) is 4.70 Å². The van der Waals surface area contributed by atoms with E-state index in [0.717, 1.165) is 16.9 Å². The molecule has 0 bridgehead atoms. The quantitative estimate of drug-likeness (QED) is 0.909. The second-order valence-electron chi connectivity index (χ2n) is 5.59. The van der Waals surface area contributed by atoms with E-state index in [1.807, 2.05) is 18.5 Å².